The number of sulfonamides is 1. The van der Waals surface area contributed by atoms with Crippen molar-refractivity contribution < 1.29 is 22.9 Å². The summed E-state index contributed by atoms with van der Waals surface area (Å²) in [6.07, 6.45) is 0. The van der Waals surface area contributed by atoms with E-state index >= 15 is 0 Å². The van der Waals surface area contributed by atoms with Crippen LogP contribution in [-0.4, -0.2) is 63.9 Å². The van der Waals surface area contributed by atoms with E-state index in [0.29, 0.717) is 25.6 Å². The first-order valence-electron chi connectivity index (χ1n) is 8.86. The Labute approximate surface area is 164 Å². The number of halogens is 1. The fourth-order valence-electron chi connectivity index (χ4n) is 2.75. The first-order chi connectivity index (χ1) is 12.7. The summed E-state index contributed by atoms with van der Waals surface area (Å²) in [5.41, 5.74) is 0. The minimum Gasteiger partial charge on any atom is -0.338 e. The van der Waals surface area contributed by atoms with E-state index in [2.05, 4.69) is 10.6 Å². The zero-order chi connectivity index (χ0) is 20.0. The van der Waals surface area contributed by atoms with Gasteiger partial charge in [-0.2, -0.15) is 4.31 Å². The van der Waals surface area contributed by atoms with Crippen molar-refractivity contribution in [3.8, 4) is 0 Å². The monoisotopic (exact) mass is 417 g/mol. The van der Waals surface area contributed by atoms with E-state index in [4.69, 9.17) is 11.6 Å². The molecular weight excluding hydrogens is 392 g/mol. The summed E-state index contributed by atoms with van der Waals surface area (Å²) >= 11 is 6.02. The maximum Gasteiger partial charge on any atom is 0.321 e. The van der Waals surface area contributed by atoms with Gasteiger partial charge in [0.1, 0.15) is 4.90 Å². The van der Waals surface area contributed by atoms with E-state index in [9.17, 15) is 18.0 Å². The van der Waals surface area contributed by atoms with Gasteiger partial charge in [0, 0.05) is 6.54 Å². The Morgan fingerprint density at radius 3 is 2.44 bits per heavy atom. The van der Waals surface area contributed by atoms with E-state index in [1.165, 1.54) is 10.4 Å². The topological polar surface area (TPSA) is 100 Å². The fraction of sp³-hybridized carbons (Fsp3) is 0.529. The highest BCUT2D eigenvalue weighted by atomic mass is 35.5. The lowest BCUT2D eigenvalue weighted by Crippen LogP contribution is -3.15. The second-order valence-electron chi connectivity index (χ2n) is 6.91. The number of urea groups is 1. The maximum atomic E-state index is 12.7. The van der Waals surface area contributed by atoms with Gasteiger partial charge in [-0.05, 0) is 18.1 Å². The molecule has 0 atom stereocenters. The predicted molar refractivity (Wildman–Crippen MR) is 102 cm³/mol. The molecule has 0 unspecified atom stereocenters. The second-order valence-corrected chi connectivity index (χ2v) is 9.23. The van der Waals surface area contributed by atoms with Gasteiger partial charge in [-0.3, -0.25) is 10.1 Å². The van der Waals surface area contributed by atoms with Crippen LogP contribution in [0.3, 0.4) is 0 Å². The smallest absolute Gasteiger partial charge is 0.321 e. The van der Waals surface area contributed by atoms with Gasteiger partial charge < -0.3 is 10.2 Å². The number of carbonyl (C=O) groups is 2. The second kappa shape index (κ2) is 9.50. The van der Waals surface area contributed by atoms with Crippen LogP contribution >= 0.6 is 11.6 Å². The van der Waals surface area contributed by atoms with Gasteiger partial charge in [0.25, 0.3) is 5.91 Å². The summed E-state index contributed by atoms with van der Waals surface area (Å²) in [5, 5.41) is 5.11. The van der Waals surface area contributed by atoms with Gasteiger partial charge in [0.05, 0.1) is 31.2 Å². The number of hydrogen-bond donors (Lipinski definition) is 3. The van der Waals surface area contributed by atoms with Gasteiger partial charge in [-0.25, -0.2) is 13.2 Å². The Kier molecular flexibility index (Phi) is 7.60. The van der Waals surface area contributed by atoms with Crippen molar-refractivity contribution in [3.63, 3.8) is 0 Å². The van der Waals surface area contributed by atoms with Crippen LogP contribution in [0.1, 0.15) is 13.8 Å². The van der Waals surface area contributed by atoms with Gasteiger partial charge in [0.2, 0.25) is 10.0 Å². The lowest BCUT2D eigenvalue weighted by Gasteiger charge is -2.31. The van der Waals surface area contributed by atoms with E-state index in [1.807, 2.05) is 13.8 Å². The molecule has 3 amide bonds. The fourth-order valence-corrected chi connectivity index (χ4v) is 4.69. The number of hydrogen-bond acceptors (Lipinski definition) is 4. The molecule has 8 nitrogen and oxygen atoms in total. The normalized spacial score (nSPS) is 16.3. The third kappa shape index (κ3) is 6.17. The third-order valence-electron chi connectivity index (χ3n) is 4.22. The number of benzene rings is 1. The molecule has 0 bridgehead atoms. The Balaban J connectivity index is 1.84. The SMILES string of the molecule is CC(C)CNC(=O)NC(=O)C[NH+]1CCN(S(=O)(=O)c2ccccc2Cl)CC1. The van der Waals surface area contributed by atoms with Crippen molar-refractivity contribution in [2.45, 2.75) is 18.7 Å². The number of rotatable bonds is 6. The lowest BCUT2D eigenvalue weighted by atomic mass is 10.2. The molecule has 0 aromatic heterocycles. The molecule has 0 aliphatic carbocycles. The molecule has 1 aromatic rings. The summed E-state index contributed by atoms with van der Waals surface area (Å²) in [7, 11) is -3.66. The maximum absolute atomic E-state index is 12.7. The molecule has 1 aromatic carbocycles. The molecule has 27 heavy (non-hydrogen) atoms. The molecule has 150 valence electrons. The quantitative estimate of drug-likeness (QED) is 0.592. The third-order valence-corrected chi connectivity index (χ3v) is 6.62. The number of nitrogens with one attached hydrogen (secondary N) is 3. The van der Waals surface area contributed by atoms with Gasteiger partial charge in [0.15, 0.2) is 6.54 Å². The van der Waals surface area contributed by atoms with Gasteiger partial charge in [-0.1, -0.05) is 37.6 Å². The van der Waals surface area contributed by atoms with Gasteiger partial charge >= 0.3 is 6.03 Å². The summed E-state index contributed by atoms with van der Waals surface area (Å²) < 4.78 is 26.8. The Morgan fingerprint density at radius 2 is 1.85 bits per heavy atom. The summed E-state index contributed by atoms with van der Waals surface area (Å²) in [6.45, 7) is 6.06. The molecule has 0 spiro atoms. The van der Waals surface area contributed by atoms with Crippen molar-refractivity contribution in [3.05, 3.63) is 29.3 Å². The van der Waals surface area contributed by atoms with Crippen molar-refractivity contribution in [2.75, 3.05) is 39.3 Å². The summed E-state index contributed by atoms with van der Waals surface area (Å²) in [4.78, 5) is 24.6. The average Bonchev–Trinajstić information content (AvgIpc) is 2.60. The van der Waals surface area contributed by atoms with Crippen LogP contribution in [0.5, 0.6) is 0 Å². The molecule has 10 heteroatoms. The Morgan fingerprint density at radius 1 is 1.22 bits per heavy atom. The molecule has 1 aliphatic heterocycles. The first kappa shape index (κ1) is 21.6. The molecular formula is C17H26ClN4O4S+. The summed E-state index contributed by atoms with van der Waals surface area (Å²) in [6, 6.07) is 5.84. The number of nitrogens with zero attached hydrogens (tertiary/aromatic N) is 1. The van der Waals surface area contributed by atoms with Crippen molar-refractivity contribution in [1.29, 1.82) is 0 Å². The van der Waals surface area contributed by atoms with Crippen LogP contribution in [0.15, 0.2) is 29.2 Å². The molecule has 2 rings (SSSR count). The van der Waals surface area contributed by atoms with Crippen LogP contribution in [0.2, 0.25) is 5.02 Å². The molecule has 3 N–H and O–H groups in total. The highest BCUT2D eigenvalue weighted by Gasteiger charge is 2.32. The first-order valence-corrected chi connectivity index (χ1v) is 10.7. The standard InChI is InChI=1S/C17H25ClN4O4S/c1-13(2)11-19-17(24)20-16(23)12-21-7-9-22(10-8-21)27(25,26)15-6-4-3-5-14(15)18/h3-6,13H,7-12H2,1-2H3,(H2,19,20,23,24)/p+1. The Bertz CT molecular complexity index is 777. The van der Waals surface area contributed by atoms with Crippen LogP contribution in [-0.2, 0) is 14.8 Å². The summed E-state index contributed by atoms with van der Waals surface area (Å²) in [5.74, 6) is -0.0849. The van der Waals surface area contributed by atoms with E-state index in [0.717, 1.165) is 4.90 Å². The molecule has 1 fully saturated rings. The van der Waals surface area contributed by atoms with Crippen molar-refractivity contribution in [1.82, 2.24) is 14.9 Å². The van der Waals surface area contributed by atoms with E-state index in [-0.39, 0.29) is 35.5 Å². The number of piperazine rings is 1. The van der Waals surface area contributed by atoms with Crippen LogP contribution in [0.4, 0.5) is 4.79 Å². The zero-order valence-corrected chi connectivity index (χ0v) is 17.1. The number of quaternary nitrogens is 1. The lowest BCUT2D eigenvalue weighted by molar-refractivity contribution is -0.895. The minimum atomic E-state index is -3.66. The predicted octanol–water partition coefficient (Wildman–Crippen LogP) is -0.289. The number of carbonyl (C=O) groups excluding carboxylic acids is 2. The Hall–Kier alpha value is -1.68. The highest BCUT2D eigenvalue weighted by molar-refractivity contribution is 7.89. The number of imide groups is 1. The van der Waals surface area contributed by atoms with E-state index < -0.39 is 16.1 Å². The molecule has 1 heterocycles. The largest absolute Gasteiger partial charge is 0.338 e. The molecule has 1 saturated heterocycles. The number of amides is 3. The van der Waals surface area contributed by atoms with Crippen LogP contribution < -0.4 is 15.5 Å². The van der Waals surface area contributed by atoms with E-state index in [1.54, 1.807) is 18.2 Å². The molecule has 0 radical (unpaired) electrons. The highest BCUT2D eigenvalue weighted by Crippen LogP contribution is 2.23. The van der Waals surface area contributed by atoms with Crippen LogP contribution in [0.25, 0.3) is 0 Å². The van der Waals surface area contributed by atoms with Crippen molar-refractivity contribution in [2.24, 2.45) is 5.92 Å². The molecule has 0 saturated carbocycles. The zero-order valence-electron chi connectivity index (χ0n) is 15.5. The van der Waals surface area contributed by atoms with Gasteiger partial charge in [-0.15, -0.1) is 0 Å². The minimum absolute atomic E-state index is 0.0923. The molecule has 1 aliphatic rings. The average molecular weight is 418 g/mol. The van der Waals surface area contributed by atoms with Crippen LogP contribution in [0, 0.1) is 5.92 Å². The van der Waals surface area contributed by atoms with Crippen molar-refractivity contribution >= 4 is 33.6 Å².